The maximum atomic E-state index is 13.7. The van der Waals surface area contributed by atoms with Gasteiger partial charge in [0, 0.05) is 17.7 Å². The minimum atomic E-state index is -0.955. The first-order valence-corrected chi connectivity index (χ1v) is 6.23. The third kappa shape index (κ3) is 2.00. The molecule has 0 bridgehead atoms. The molecule has 5 heteroatoms. The molecule has 0 aliphatic heterocycles. The molecule has 100 valence electrons. The second-order valence-electron chi connectivity index (χ2n) is 4.24. The monoisotopic (exact) mass is 290 g/mol. The normalized spacial score (nSPS) is 10.9. The molecule has 3 rings (SSSR count). The van der Waals surface area contributed by atoms with E-state index < -0.39 is 17.1 Å². The molecule has 0 atom stereocenters. The summed E-state index contributed by atoms with van der Waals surface area (Å²) in [6.07, 6.45) is 0. The Morgan fingerprint density at radius 1 is 1.05 bits per heavy atom. The summed E-state index contributed by atoms with van der Waals surface area (Å²) in [5.41, 5.74) is -0.142. The number of halogens is 2. The highest BCUT2D eigenvalue weighted by atomic mass is 32.1. The molecule has 1 aromatic heterocycles. The molecule has 3 aromatic rings. The van der Waals surface area contributed by atoms with Crippen molar-refractivity contribution in [2.45, 2.75) is 4.90 Å². The Balaban J connectivity index is 2.42. The Morgan fingerprint density at radius 3 is 2.45 bits per heavy atom. The van der Waals surface area contributed by atoms with Crippen LogP contribution in [0.5, 0.6) is 0 Å². The quantitative estimate of drug-likeness (QED) is 0.686. The average molecular weight is 290 g/mol. The predicted molar refractivity (Wildman–Crippen MR) is 75.1 cm³/mol. The molecule has 0 unspecified atom stereocenters. The van der Waals surface area contributed by atoms with Crippen LogP contribution < -0.4 is 5.43 Å². The smallest absolute Gasteiger partial charge is 0.209 e. The number of thiol groups is 1. The maximum absolute atomic E-state index is 13.7. The minimum Gasteiger partial charge on any atom is -0.454 e. The highest BCUT2D eigenvalue weighted by molar-refractivity contribution is 7.80. The summed E-state index contributed by atoms with van der Waals surface area (Å²) in [5.74, 6) is -1.57. The zero-order valence-corrected chi connectivity index (χ0v) is 11.0. The molecule has 0 saturated heterocycles. The summed E-state index contributed by atoms with van der Waals surface area (Å²) in [4.78, 5) is 12.2. The van der Waals surface area contributed by atoms with E-state index in [0.29, 0.717) is 11.6 Å². The fourth-order valence-corrected chi connectivity index (χ4v) is 2.30. The zero-order valence-electron chi connectivity index (χ0n) is 10.1. The molecule has 20 heavy (non-hydrogen) atoms. The fraction of sp³-hybridized carbons (Fsp3) is 0. The van der Waals surface area contributed by atoms with Crippen LogP contribution in [0, 0.1) is 11.6 Å². The van der Waals surface area contributed by atoms with Gasteiger partial charge in [-0.25, -0.2) is 8.78 Å². The molecule has 0 saturated carbocycles. The summed E-state index contributed by atoms with van der Waals surface area (Å²) in [7, 11) is 0. The van der Waals surface area contributed by atoms with Gasteiger partial charge in [-0.3, -0.25) is 4.79 Å². The van der Waals surface area contributed by atoms with Gasteiger partial charge >= 0.3 is 0 Å². The molecule has 0 fully saturated rings. The van der Waals surface area contributed by atoms with Gasteiger partial charge < -0.3 is 4.42 Å². The van der Waals surface area contributed by atoms with Gasteiger partial charge in [0.15, 0.2) is 5.76 Å². The lowest BCUT2D eigenvalue weighted by Gasteiger charge is -2.07. The van der Waals surface area contributed by atoms with Crippen LogP contribution in [-0.4, -0.2) is 0 Å². The molecule has 0 radical (unpaired) electrons. The van der Waals surface area contributed by atoms with Crippen molar-refractivity contribution >= 4 is 23.6 Å². The molecule has 0 spiro atoms. The van der Waals surface area contributed by atoms with Crippen molar-refractivity contribution in [1.29, 1.82) is 0 Å². The van der Waals surface area contributed by atoms with Crippen molar-refractivity contribution in [2.24, 2.45) is 0 Å². The highest BCUT2D eigenvalue weighted by Crippen LogP contribution is 2.29. The summed E-state index contributed by atoms with van der Waals surface area (Å²) in [6, 6.07) is 10.4. The van der Waals surface area contributed by atoms with Crippen molar-refractivity contribution < 1.29 is 13.2 Å². The first-order valence-electron chi connectivity index (χ1n) is 5.78. The van der Waals surface area contributed by atoms with Crippen molar-refractivity contribution in [2.75, 3.05) is 0 Å². The van der Waals surface area contributed by atoms with E-state index in [-0.39, 0.29) is 21.6 Å². The van der Waals surface area contributed by atoms with Crippen LogP contribution in [0.3, 0.4) is 0 Å². The van der Waals surface area contributed by atoms with E-state index in [4.69, 9.17) is 4.42 Å². The van der Waals surface area contributed by atoms with Crippen LogP contribution in [-0.2, 0) is 0 Å². The SMILES string of the molecule is O=c1c(S)c(-c2ccccc2)oc2cc(F)cc(F)c12. The largest absolute Gasteiger partial charge is 0.454 e. The Morgan fingerprint density at radius 2 is 1.75 bits per heavy atom. The second kappa shape index (κ2) is 4.76. The van der Waals surface area contributed by atoms with Gasteiger partial charge in [0.1, 0.15) is 22.6 Å². The van der Waals surface area contributed by atoms with E-state index in [2.05, 4.69) is 12.6 Å². The lowest BCUT2D eigenvalue weighted by molar-refractivity contribution is 0.566. The van der Waals surface area contributed by atoms with Gasteiger partial charge in [-0.15, -0.1) is 12.6 Å². The van der Waals surface area contributed by atoms with Crippen molar-refractivity contribution in [1.82, 2.24) is 0 Å². The lowest BCUT2D eigenvalue weighted by atomic mass is 10.1. The summed E-state index contributed by atoms with van der Waals surface area (Å²) in [5, 5.41) is -0.295. The van der Waals surface area contributed by atoms with E-state index in [1.54, 1.807) is 30.3 Å². The molecule has 0 amide bonds. The van der Waals surface area contributed by atoms with Crippen molar-refractivity contribution in [3.05, 3.63) is 64.3 Å². The van der Waals surface area contributed by atoms with Gasteiger partial charge in [0.05, 0.1) is 4.90 Å². The second-order valence-corrected chi connectivity index (χ2v) is 4.68. The Labute approximate surface area is 118 Å². The molecule has 2 aromatic carbocycles. The fourth-order valence-electron chi connectivity index (χ4n) is 2.02. The Kier molecular flexibility index (Phi) is 3.06. The molecule has 0 aliphatic rings. The van der Waals surface area contributed by atoms with Crippen LogP contribution in [0.1, 0.15) is 0 Å². The van der Waals surface area contributed by atoms with Gasteiger partial charge in [-0.05, 0) is 0 Å². The van der Waals surface area contributed by atoms with Crippen molar-refractivity contribution in [3.63, 3.8) is 0 Å². The molecule has 0 N–H and O–H groups in total. The van der Waals surface area contributed by atoms with E-state index in [1.165, 1.54) is 0 Å². The van der Waals surface area contributed by atoms with Crippen LogP contribution in [0.4, 0.5) is 8.78 Å². The Hall–Kier alpha value is -2.14. The molecule has 2 nitrogen and oxygen atoms in total. The van der Waals surface area contributed by atoms with E-state index in [9.17, 15) is 13.6 Å². The molecule has 1 heterocycles. The number of hydrogen-bond donors (Lipinski definition) is 1. The third-order valence-corrected chi connectivity index (χ3v) is 3.33. The van der Waals surface area contributed by atoms with Gasteiger partial charge in [0.25, 0.3) is 0 Å². The topological polar surface area (TPSA) is 30.2 Å². The van der Waals surface area contributed by atoms with Crippen LogP contribution in [0.2, 0.25) is 0 Å². The Bertz CT molecular complexity index is 857. The van der Waals surface area contributed by atoms with E-state index >= 15 is 0 Å². The van der Waals surface area contributed by atoms with E-state index in [1.807, 2.05) is 0 Å². The predicted octanol–water partition coefficient (Wildman–Crippen LogP) is 4.03. The van der Waals surface area contributed by atoms with Crippen LogP contribution >= 0.6 is 12.6 Å². The van der Waals surface area contributed by atoms with Gasteiger partial charge in [0.2, 0.25) is 5.43 Å². The number of fused-ring (bicyclic) bond motifs is 1. The average Bonchev–Trinajstić information content (AvgIpc) is 2.43. The highest BCUT2D eigenvalue weighted by Gasteiger charge is 2.17. The molecule has 0 aliphatic carbocycles. The summed E-state index contributed by atoms with van der Waals surface area (Å²) >= 11 is 4.11. The van der Waals surface area contributed by atoms with E-state index in [0.717, 1.165) is 6.07 Å². The summed E-state index contributed by atoms with van der Waals surface area (Å²) < 4.78 is 32.4. The van der Waals surface area contributed by atoms with Gasteiger partial charge in [-0.2, -0.15) is 0 Å². The van der Waals surface area contributed by atoms with Crippen LogP contribution in [0.25, 0.3) is 22.3 Å². The third-order valence-electron chi connectivity index (χ3n) is 2.92. The molecular weight excluding hydrogens is 282 g/mol. The first-order chi connectivity index (χ1) is 9.58. The summed E-state index contributed by atoms with van der Waals surface area (Å²) in [6.45, 7) is 0. The molecular formula is C15H8F2O2S. The lowest BCUT2D eigenvalue weighted by Crippen LogP contribution is -2.07. The standard InChI is InChI=1S/C15H8F2O2S/c16-9-6-10(17)12-11(7-9)19-14(15(20)13(12)18)8-4-2-1-3-5-8/h1-7,20H. The number of hydrogen-bond acceptors (Lipinski definition) is 3. The van der Waals surface area contributed by atoms with Crippen molar-refractivity contribution in [3.8, 4) is 11.3 Å². The zero-order chi connectivity index (χ0) is 14.3. The maximum Gasteiger partial charge on any atom is 0.209 e. The number of benzene rings is 2. The number of rotatable bonds is 1. The first kappa shape index (κ1) is 12.9. The minimum absolute atomic E-state index is 0.00536. The van der Waals surface area contributed by atoms with Crippen LogP contribution in [0.15, 0.2) is 56.6 Å². The van der Waals surface area contributed by atoms with Gasteiger partial charge in [-0.1, -0.05) is 30.3 Å².